The first kappa shape index (κ1) is 29.3. The maximum atomic E-state index is 6.08. The van der Waals surface area contributed by atoms with Crippen molar-refractivity contribution in [3.63, 3.8) is 0 Å². The lowest BCUT2D eigenvalue weighted by Crippen LogP contribution is -2.22. The lowest BCUT2D eigenvalue weighted by Gasteiger charge is -2.28. The molecular weight excluding hydrogens is 621 g/mol. The van der Waals surface area contributed by atoms with Crippen LogP contribution in [0.3, 0.4) is 0 Å². The van der Waals surface area contributed by atoms with Crippen molar-refractivity contribution in [3.8, 4) is 56.2 Å². The van der Waals surface area contributed by atoms with E-state index in [1.807, 2.05) is 30.3 Å². The second-order valence-electron chi connectivity index (χ2n) is 13.5. The van der Waals surface area contributed by atoms with Crippen LogP contribution >= 0.6 is 0 Å². The van der Waals surface area contributed by atoms with E-state index in [9.17, 15) is 0 Å². The Balaban J connectivity index is 1.09. The summed E-state index contributed by atoms with van der Waals surface area (Å²) in [5, 5.41) is 2.26. The summed E-state index contributed by atoms with van der Waals surface area (Å²) in [6, 6.07) is 62.2. The molecule has 0 saturated heterocycles. The van der Waals surface area contributed by atoms with E-state index in [0.29, 0.717) is 5.82 Å². The monoisotopic (exact) mass is 652 g/mol. The summed E-state index contributed by atoms with van der Waals surface area (Å²) >= 11 is 0. The van der Waals surface area contributed by atoms with E-state index >= 15 is 0 Å². The van der Waals surface area contributed by atoms with Gasteiger partial charge in [0, 0.05) is 32.9 Å². The molecule has 1 atom stereocenters. The van der Waals surface area contributed by atoms with Crippen molar-refractivity contribution in [2.24, 2.45) is 0 Å². The van der Waals surface area contributed by atoms with Gasteiger partial charge >= 0.3 is 0 Å². The summed E-state index contributed by atoms with van der Waals surface area (Å²) < 4.78 is 6.08. The van der Waals surface area contributed by atoms with Crippen LogP contribution < -0.4 is 0 Å². The number of nitrogens with zero attached hydrogens (tertiary/aromatic N) is 2. The molecule has 1 aliphatic rings. The topological polar surface area (TPSA) is 38.9 Å². The molecule has 1 aliphatic carbocycles. The highest BCUT2D eigenvalue weighted by Gasteiger charge is 2.40. The van der Waals surface area contributed by atoms with Gasteiger partial charge < -0.3 is 4.42 Å². The summed E-state index contributed by atoms with van der Waals surface area (Å²) in [6.07, 6.45) is 0. The first-order valence-electron chi connectivity index (χ1n) is 17.4. The zero-order valence-electron chi connectivity index (χ0n) is 28.0. The minimum Gasteiger partial charge on any atom is -0.456 e. The van der Waals surface area contributed by atoms with Gasteiger partial charge in [0.1, 0.15) is 11.2 Å². The summed E-state index contributed by atoms with van der Waals surface area (Å²) in [7, 11) is 0. The Morgan fingerprint density at radius 2 is 1.02 bits per heavy atom. The Labute approximate surface area is 296 Å². The van der Waals surface area contributed by atoms with Crippen LogP contribution in [0, 0.1) is 0 Å². The van der Waals surface area contributed by atoms with Crippen LogP contribution in [-0.4, -0.2) is 9.97 Å². The molecule has 2 heterocycles. The lowest BCUT2D eigenvalue weighted by atomic mass is 9.74. The third-order valence-electron chi connectivity index (χ3n) is 10.6. The van der Waals surface area contributed by atoms with Gasteiger partial charge in [-0.3, -0.25) is 0 Å². The van der Waals surface area contributed by atoms with Crippen molar-refractivity contribution < 1.29 is 4.42 Å². The van der Waals surface area contributed by atoms with Gasteiger partial charge in [0.05, 0.1) is 11.4 Å². The molecule has 0 amide bonds. The van der Waals surface area contributed by atoms with Crippen LogP contribution in [0.1, 0.15) is 23.6 Å². The standard InChI is InChI=1S/C48H32N2O/c1-48(36-14-6-3-7-15-36)41-18-10-8-16-37(41)38-26-24-35(29-42(38)48)44-30-43(49-47(50-44)33-12-4-2-5-13-33)32-22-20-31(21-23-32)34-25-27-46-40(28-34)39-17-9-11-19-45(39)51-46/h2-30H,1H3. The van der Waals surface area contributed by atoms with Crippen LogP contribution in [0.2, 0.25) is 0 Å². The average Bonchev–Trinajstić information content (AvgIpc) is 3.71. The fraction of sp³-hybridized carbons (Fsp3) is 0.0417. The van der Waals surface area contributed by atoms with Crippen molar-refractivity contribution in [2.45, 2.75) is 12.3 Å². The molecule has 1 unspecified atom stereocenters. The Kier molecular flexibility index (Phi) is 6.62. The molecule has 0 radical (unpaired) electrons. The molecule has 7 aromatic carbocycles. The molecule has 0 N–H and O–H groups in total. The van der Waals surface area contributed by atoms with Crippen molar-refractivity contribution in [2.75, 3.05) is 0 Å². The molecule has 51 heavy (non-hydrogen) atoms. The largest absolute Gasteiger partial charge is 0.456 e. The van der Waals surface area contributed by atoms with E-state index in [-0.39, 0.29) is 5.41 Å². The molecule has 9 aromatic rings. The van der Waals surface area contributed by atoms with E-state index in [4.69, 9.17) is 14.4 Å². The Morgan fingerprint density at radius 1 is 0.412 bits per heavy atom. The first-order valence-corrected chi connectivity index (χ1v) is 17.4. The van der Waals surface area contributed by atoms with E-state index in [0.717, 1.165) is 61.1 Å². The van der Waals surface area contributed by atoms with Crippen LogP contribution in [-0.2, 0) is 5.41 Å². The number of para-hydroxylation sites is 1. The second-order valence-corrected chi connectivity index (χ2v) is 13.5. The van der Waals surface area contributed by atoms with Gasteiger partial charge in [0.15, 0.2) is 5.82 Å². The highest BCUT2D eigenvalue weighted by Crippen LogP contribution is 2.53. The van der Waals surface area contributed by atoms with Crippen molar-refractivity contribution in [3.05, 3.63) is 193 Å². The normalized spacial score (nSPS) is 14.8. The summed E-state index contributed by atoms with van der Waals surface area (Å²) in [4.78, 5) is 10.3. The van der Waals surface area contributed by atoms with E-state index in [2.05, 4.69) is 153 Å². The minimum absolute atomic E-state index is 0.289. The van der Waals surface area contributed by atoms with Gasteiger partial charge in [-0.25, -0.2) is 9.97 Å². The van der Waals surface area contributed by atoms with Gasteiger partial charge in [-0.15, -0.1) is 0 Å². The fourth-order valence-electron chi connectivity index (χ4n) is 7.93. The smallest absolute Gasteiger partial charge is 0.160 e. The van der Waals surface area contributed by atoms with Gasteiger partial charge in [-0.05, 0) is 76.2 Å². The van der Waals surface area contributed by atoms with Gasteiger partial charge in [0.2, 0.25) is 0 Å². The molecular formula is C48H32N2O. The van der Waals surface area contributed by atoms with Gasteiger partial charge in [-0.1, -0.05) is 146 Å². The number of rotatable bonds is 5. The molecule has 10 rings (SSSR count). The number of hydrogen-bond donors (Lipinski definition) is 0. The highest BCUT2D eigenvalue weighted by molar-refractivity contribution is 6.06. The third kappa shape index (κ3) is 4.74. The van der Waals surface area contributed by atoms with Crippen molar-refractivity contribution >= 4 is 21.9 Å². The van der Waals surface area contributed by atoms with Crippen LogP contribution in [0.25, 0.3) is 78.1 Å². The predicted octanol–water partition coefficient (Wildman–Crippen LogP) is 12.4. The van der Waals surface area contributed by atoms with Crippen LogP contribution in [0.4, 0.5) is 0 Å². The summed E-state index contributed by atoms with van der Waals surface area (Å²) in [5.74, 6) is 0.707. The lowest BCUT2D eigenvalue weighted by molar-refractivity contribution is 0.669. The summed E-state index contributed by atoms with van der Waals surface area (Å²) in [6.45, 7) is 2.35. The molecule has 0 saturated carbocycles. The molecule has 3 heteroatoms. The quantitative estimate of drug-likeness (QED) is 0.186. The molecule has 0 bridgehead atoms. The minimum atomic E-state index is -0.289. The van der Waals surface area contributed by atoms with Crippen LogP contribution in [0.5, 0.6) is 0 Å². The molecule has 2 aromatic heterocycles. The average molecular weight is 653 g/mol. The molecule has 0 spiro atoms. The number of furan rings is 1. The number of aromatic nitrogens is 2. The number of benzene rings is 7. The molecule has 0 aliphatic heterocycles. The SMILES string of the molecule is CC1(c2ccccc2)c2ccccc2-c2ccc(-c3cc(-c4ccc(-c5ccc6oc7ccccc7c6c5)cc4)nc(-c4ccccc4)n3)cc21. The van der Waals surface area contributed by atoms with E-state index in [1.54, 1.807) is 0 Å². The third-order valence-corrected chi connectivity index (χ3v) is 10.6. The zero-order chi connectivity index (χ0) is 33.9. The molecule has 0 fully saturated rings. The van der Waals surface area contributed by atoms with Crippen molar-refractivity contribution in [1.29, 1.82) is 0 Å². The Hall–Kier alpha value is -6.58. The number of hydrogen-bond acceptors (Lipinski definition) is 3. The zero-order valence-corrected chi connectivity index (χ0v) is 28.0. The van der Waals surface area contributed by atoms with Gasteiger partial charge in [0.25, 0.3) is 0 Å². The number of fused-ring (bicyclic) bond motifs is 6. The molecule has 240 valence electrons. The van der Waals surface area contributed by atoms with Crippen LogP contribution in [0.15, 0.2) is 180 Å². The second kappa shape index (κ2) is 11.5. The van der Waals surface area contributed by atoms with Gasteiger partial charge in [-0.2, -0.15) is 0 Å². The highest BCUT2D eigenvalue weighted by atomic mass is 16.3. The fourth-order valence-corrected chi connectivity index (χ4v) is 7.93. The summed E-state index contributed by atoms with van der Waals surface area (Å²) in [5.41, 5.74) is 15.2. The maximum Gasteiger partial charge on any atom is 0.160 e. The maximum absolute atomic E-state index is 6.08. The predicted molar refractivity (Wildman–Crippen MR) is 208 cm³/mol. The Morgan fingerprint density at radius 3 is 1.84 bits per heavy atom. The van der Waals surface area contributed by atoms with E-state index < -0.39 is 0 Å². The molecule has 3 nitrogen and oxygen atoms in total. The van der Waals surface area contributed by atoms with Crippen molar-refractivity contribution in [1.82, 2.24) is 9.97 Å². The van der Waals surface area contributed by atoms with E-state index in [1.165, 1.54) is 27.8 Å². The Bertz CT molecular complexity index is 2750. The first-order chi connectivity index (χ1) is 25.1.